The second-order valence-electron chi connectivity index (χ2n) is 5.11. The number of sulfonamides is 1. The number of benzene rings is 1. The predicted molar refractivity (Wildman–Crippen MR) is 85.5 cm³/mol. The van der Waals surface area contributed by atoms with Crippen molar-refractivity contribution in [2.24, 2.45) is 5.92 Å². The molecule has 1 heterocycles. The first-order valence-corrected chi connectivity index (χ1v) is 9.25. The molecule has 1 N–H and O–H groups in total. The van der Waals surface area contributed by atoms with Crippen molar-refractivity contribution in [3.05, 3.63) is 33.8 Å². The summed E-state index contributed by atoms with van der Waals surface area (Å²) in [5.41, 5.74) is 0.785. The van der Waals surface area contributed by atoms with Crippen LogP contribution in [0.5, 0.6) is 0 Å². The minimum absolute atomic E-state index is 0.153. The number of rotatable bonds is 5. The van der Waals surface area contributed by atoms with Gasteiger partial charge in [-0.2, -0.15) is 0 Å². The van der Waals surface area contributed by atoms with Gasteiger partial charge in [-0.3, -0.25) is 0 Å². The Hall–Kier alpha value is -0.330. The van der Waals surface area contributed by atoms with Crippen molar-refractivity contribution >= 4 is 33.2 Å². The highest BCUT2D eigenvalue weighted by Gasteiger charge is 2.36. The average Bonchev–Trinajstić information content (AvgIpc) is 2.43. The van der Waals surface area contributed by atoms with Crippen LogP contribution in [0.25, 0.3) is 0 Å². The Balaban J connectivity index is 2.24. The molecular weight excluding hydrogens is 333 g/mol. The van der Waals surface area contributed by atoms with Crippen LogP contribution in [-0.4, -0.2) is 33.4 Å². The first-order valence-electron chi connectivity index (χ1n) is 6.94. The lowest BCUT2D eigenvalue weighted by molar-refractivity contribution is 0.0570. The number of halogens is 2. The summed E-state index contributed by atoms with van der Waals surface area (Å²) in [5.74, 6) is -0.153. The Kier molecular flexibility index (Phi) is 5.91. The van der Waals surface area contributed by atoms with Crippen molar-refractivity contribution < 1.29 is 13.2 Å². The van der Waals surface area contributed by atoms with Gasteiger partial charge in [-0.1, -0.05) is 36.2 Å². The quantitative estimate of drug-likeness (QED) is 0.887. The van der Waals surface area contributed by atoms with Crippen LogP contribution in [0.1, 0.15) is 18.9 Å². The van der Waals surface area contributed by atoms with Crippen molar-refractivity contribution in [3.63, 3.8) is 0 Å². The van der Waals surface area contributed by atoms with Crippen LogP contribution in [0, 0.1) is 5.92 Å². The summed E-state index contributed by atoms with van der Waals surface area (Å²) >= 11 is 12.4. The molecule has 118 valence electrons. The normalized spacial score (nSPS) is 23.2. The lowest BCUT2D eigenvalue weighted by atomic mass is 9.93. The lowest BCUT2D eigenvalue weighted by Gasteiger charge is -2.31. The minimum Gasteiger partial charge on any atom is -0.381 e. The van der Waals surface area contributed by atoms with E-state index in [0.717, 1.165) is 5.56 Å². The smallest absolute Gasteiger partial charge is 0.214 e. The van der Waals surface area contributed by atoms with Crippen LogP contribution in [-0.2, 0) is 21.2 Å². The van der Waals surface area contributed by atoms with Gasteiger partial charge in [-0.15, -0.1) is 0 Å². The largest absolute Gasteiger partial charge is 0.381 e. The van der Waals surface area contributed by atoms with Crippen molar-refractivity contribution in [1.29, 1.82) is 0 Å². The van der Waals surface area contributed by atoms with Crippen LogP contribution < -0.4 is 4.72 Å². The van der Waals surface area contributed by atoms with Gasteiger partial charge in [0.2, 0.25) is 10.0 Å². The van der Waals surface area contributed by atoms with E-state index in [1.807, 2.05) is 0 Å². The molecule has 1 aliphatic rings. The highest BCUT2D eigenvalue weighted by atomic mass is 35.5. The van der Waals surface area contributed by atoms with Crippen LogP contribution in [0.2, 0.25) is 10.0 Å². The Morgan fingerprint density at radius 3 is 2.62 bits per heavy atom. The summed E-state index contributed by atoms with van der Waals surface area (Å²) in [5, 5.41) is 0.652. The van der Waals surface area contributed by atoms with Gasteiger partial charge < -0.3 is 4.74 Å². The molecule has 0 spiro atoms. The molecule has 0 saturated carbocycles. The molecule has 1 aromatic carbocycles. The average molecular weight is 352 g/mol. The van der Waals surface area contributed by atoms with E-state index in [9.17, 15) is 8.42 Å². The summed E-state index contributed by atoms with van der Waals surface area (Å²) in [7, 11) is -3.34. The molecule has 21 heavy (non-hydrogen) atoms. The molecule has 0 radical (unpaired) electrons. The Bertz CT molecular complexity index is 572. The van der Waals surface area contributed by atoms with Gasteiger partial charge in [-0.05, 0) is 30.5 Å². The molecule has 2 atom stereocenters. The number of hydrogen-bond acceptors (Lipinski definition) is 3. The first kappa shape index (κ1) is 17.0. The van der Waals surface area contributed by atoms with Crippen molar-refractivity contribution in [1.82, 2.24) is 4.72 Å². The third kappa shape index (κ3) is 4.11. The van der Waals surface area contributed by atoms with E-state index in [4.69, 9.17) is 27.9 Å². The van der Waals surface area contributed by atoms with Gasteiger partial charge in [0.15, 0.2) is 0 Å². The zero-order valence-corrected chi connectivity index (χ0v) is 14.1. The van der Waals surface area contributed by atoms with E-state index in [1.165, 1.54) is 0 Å². The molecule has 0 aromatic heterocycles. The van der Waals surface area contributed by atoms with E-state index in [-0.39, 0.29) is 5.92 Å². The Morgan fingerprint density at radius 2 is 2.00 bits per heavy atom. The van der Waals surface area contributed by atoms with Crippen LogP contribution in [0.4, 0.5) is 0 Å². The highest BCUT2D eigenvalue weighted by molar-refractivity contribution is 7.90. The molecule has 0 unspecified atom stereocenters. The molecule has 7 heteroatoms. The Morgan fingerprint density at radius 1 is 1.33 bits per heavy atom. The van der Waals surface area contributed by atoms with Crippen LogP contribution in [0.3, 0.4) is 0 Å². The molecule has 0 bridgehead atoms. The third-order valence-corrected chi connectivity index (χ3v) is 6.49. The van der Waals surface area contributed by atoms with Gasteiger partial charge in [0, 0.05) is 29.1 Å². The third-order valence-electron chi connectivity index (χ3n) is 3.68. The molecular formula is C14H19Cl2NO3S. The SMILES string of the molecule is CCNS(=O)(=O)[C@@H]1CCOC[C@H]1Cc1c(Cl)cccc1Cl. The second kappa shape index (κ2) is 7.29. The molecule has 0 aliphatic carbocycles. The van der Waals surface area contributed by atoms with Crippen LogP contribution in [0.15, 0.2) is 18.2 Å². The van der Waals surface area contributed by atoms with Crippen molar-refractivity contribution in [2.45, 2.75) is 25.0 Å². The summed E-state index contributed by atoms with van der Waals surface area (Å²) in [6.07, 6.45) is 0.982. The van der Waals surface area contributed by atoms with E-state index in [1.54, 1.807) is 25.1 Å². The Labute approximate surface area is 135 Å². The monoisotopic (exact) mass is 351 g/mol. The fourth-order valence-electron chi connectivity index (χ4n) is 2.67. The second-order valence-corrected chi connectivity index (χ2v) is 7.91. The standard InChI is InChI=1S/C14H19Cl2NO3S/c1-2-17-21(18,19)14-6-7-20-9-10(14)8-11-12(15)4-3-5-13(11)16/h3-5,10,14,17H,2,6-9H2,1H3/t10-,14-/m1/s1. The topological polar surface area (TPSA) is 55.4 Å². The molecule has 1 aliphatic heterocycles. The van der Waals surface area contributed by atoms with E-state index in [0.29, 0.717) is 42.6 Å². The van der Waals surface area contributed by atoms with Crippen molar-refractivity contribution in [3.8, 4) is 0 Å². The predicted octanol–water partition coefficient (Wildman–Crippen LogP) is 2.88. The summed E-state index contributed by atoms with van der Waals surface area (Å²) in [4.78, 5) is 0. The summed E-state index contributed by atoms with van der Waals surface area (Å²) < 4.78 is 32.7. The number of ether oxygens (including phenoxy) is 1. The molecule has 1 saturated heterocycles. The maximum absolute atomic E-state index is 12.3. The minimum atomic E-state index is -3.34. The molecule has 1 fully saturated rings. The number of nitrogens with one attached hydrogen (secondary N) is 1. The molecule has 1 aromatic rings. The van der Waals surface area contributed by atoms with Crippen molar-refractivity contribution in [2.75, 3.05) is 19.8 Å². The van der Waals surface area contributed by atoms with Gasteiger partial charge in [0.05, 0.1) is 11.9 Å². The zero-order valence-electron chi connectivity index (χ0n) is 11.8. The van der Waals surface area contributed by atoms with Gasteiger partial charge in [0.1, 0.15) is 0 Å². The van der Waals surface area contributed by atoms with Gasteiger partial charge in [0.25, 0.3) is 0 Å². The highest BCUT2D eigenvalue weighted by Crippen LogP contribution is 2.31. The molecule has 4 nitrogen and oxygen atoms in total. The number of hydrogen-bond donors (Lipinski definition) is 1. The molecule has 2 rings (SSSR count). The van der Waals surface area contributed by atoms with Crippen LogP contribution >= 0.6 is 23.2 Å². The maximum Gasteiger partial charge on any atom is 0.214 e. The van der Waals surface area contributed by atoms with E-state index >= 15 is 0 Å². The summed E-state index contributed by atoms with van der Waals surface area (Å²) in [6.45, 7) is 3.02. The van der Waals surface area contributed by atoms with E-state index in [2.05, 4.69) is 4.72 Å². The maximum atomic E-state index is 12.3. The van der Waals surface area contributed by atoms with Gasteiger partial charge in [-0.25, -0.2) is 13.1 Å². The first-order chi connectivity index (χ1) is 9.95. The fourth-order valence-corrected chi connectivity index (χ4v) is 4.93. The lowest BCUT2D eigenvalue weighted by Crippen LogP contribution is -2.44. The zero-order chi connectivity index (χ0) is 15.5. The fraction of sp³-hybridized carbons (Fsp3) is 0.571. The van der Waals surface area contributed by atoms with Gasteiger partial charge >= 0.3 is 0 Å². The summed E-state index contributed by atoms with van der Waals surface area (Å²) in [6, 6.07) is 5.30. The van der Waals surface area contributed by atoms with E-state index < -0.39 is 15.3 Å². The molecule has 0 amide bonds.